The average molecular weight is 256 g/mol. The molecule has 0 saturated carbocycles. The predicted molar refractivity (Wildman–Crippen MR) is 74.3 cm³/mol. The van der Waals surface area contributed by atoms with Crippen molar-refractivity contribution < 1.29 is 9.59 Å². The van der Waals surface area contributed by atoms with E-state index in [0.29, 0.717) is 6.42 Å². The first-order chi connectivity index (χ1) is 9.18. The van der Waals surface area contributed by atoms with E-state index in [-0.39, 0.29) is 11.8 Å². The molecule has 0 fully saturated rings. The third-order valence-corrected chi connectivity index (χ3v) is 2.91. The summed E-state index contributed by atoms with van der Waals surface area (Å²) in [7, 11) is 0. The van der Waals surface area contributed by atoms with Crippen LogP contribution in [0.4, 0.5) is 5.69 Å². The van der Waals surface area contributed by atoms with Gasteiger partial charge in [0, 0.05) is 18.3 Å². The minimum absolute atomic E-state index is 0.0827. The molecule has 4 nitrogen and oxygen atoms in total. The predicted octanol–water partition coefficient (Wildman–Crippen LogP) is 2.32. The van der Waals surface area contributed by atoms with Crippen molar-refractivity contribution >= 4 is 17.5 Å². The molecular formula is C15H16N2O2. The van der Waals surface area contributed by atoms with Crippen LogP contribution in [0.1, 0.15) is 13.3 Å². The topological polar surface area (TPSA) is 49.4 Å². The Hall–Kier alpha value is -2.36. The van der Waals surface area contributed by atoms with Gasteiger partial charge in [-0.3, -0.25) is 9.59 Å². The Morgan fingerprint density at radius 3 is 2.74 bits per heavy atom. The summed E-state index contributed by atoms with van der Waals surface area (Å²) in [5.74, 6) is -0.285. The molecule has 1 aliphatic heterocycles. The monoisotopic (exact) mass is 256 g/mol. The highest BCUT2D eigenvalue weighted by atomic mass is 16.2. The lowest BCUT2D eigenvalue weighted by molar-refractivity contribution is -0.134. The summed E-state index contributed by atoms with van der Waals surface area (Å²) >= 11 is 0. The van der Waals surface area contributed by atoms with Crippen LogP contribution in [0.25, 0.3) is 0 Å². The van der Waals surface area contributed by atoms with Crippen LogP contribution in [0.2, 0.25) is 0 Å². The van der Waals surface area contributed by atoms with Crippen molar-refractivity contribution in [1.29, 1.82) is 0 Å². The van der Waals surface area contributed by atoms with E-state index in [1.165, 1.54) is 4.90 Å². The summed E-state index contributed by atoms with van der Waals surface area (Å²) in [5, 5.41) is 2.79. The number of nitrogens with one attached hydrogen (secondary N) is 1. The van der Waals surface area contributed by atoms with E-state index in [9.17, 15) is 9.59 Å². The molecular weight excluding hydrogens is 240 g/mol. The molecule has 2 rings (SSSR count). The third kappa shape index (κ3) is 3.31. The van der Waals surface area contributed by atoms with Gasteiger partial charge in [-0.2, -0.15) is 0 Å². The van der Waals surface area contributed by atoms with Gasteiger partial charge in [-0.15, -0.1) is 0 Å². The van der Waals surface area contributed by atoms with E-state index in [1.54, 1.807) is 31.4 Å². The molecule has 1 aromatic carbocycles. The average Bonchev–Trinajstić information content (AvgIpc) is 2.63. The van der Waals surface area contributed by atoms with Gasteiger partial charge in [0.2, 0.25) is 11.8 Å². The molecule has 0 spiro atoms. The summed E-state index contributed by atoms with van der Waals surface area (Å²) in [6, 6.07) is 8.66. The Labute approximate surface area is 112 Å². The molecule has 1 unspecified atom stereocenters. The van der Waals surface area contributed by atoms with E-state index in [0.717, 1.165) is 5.69 Å². The molecule has 1 atom stereocenters. The Morgan fingerprint density at radius 1 is 1.26 bits per heavy atom. The third-order valence-electron chi connectivity index (χ3n) is 2.91. The maximum absolute atomic E-state index is 12.1. The second-order valence-corrected chi connectivity index (χ2v) is 4.31. The number of anilines is 1. The van der Waals surface area contributed by atoms with E-state index in [1.807, 2.05) is 30.3 Å². The number of allylic oxidation sites excluding steroid dienone is 2. The summed E-state index contributed by atoms with van der Waals surface area (Å²) in [6.07, 6.45) is 7.30. The molecule has 1 aromatic rings. The zero-order valence-electron chi connectivity index (χ0n) is 10.7. The SMILES string of the molecule is CC(C(=O)Nc1ccccc1)N1C=CC=CCC1=O. The number of carbonyl (C=O) groups excluding carboxylic acids is 2. The molecule has 4 heteroatoms. The first-order valence-corrected chi connectivity index (χ1v) is 6.19. The smallest absolute Gasteiger partial charge is 0.247 e. The first kappa shape index (κ1) is 13.1. The summed E-state index contributed by atoms with van der Waals surface area (Å²) < 4.78 is 0. The van der Waals surface area contributed by atoms with Crippen LogP contribution in [0, 0.1) is 0 Å². The van der Waals surface area contributed by atoms with Gasteiger partial charge >= 0.3 is 0 Å². The molecule has 0 radical (unpaired) electrons. The standard InChI is InChI=1S/C15H16N2O2/c1-12(17-11-7-3-6-10-14(17)18)15(19)16-13-8-4-2-5-9-13/h2-9,11-12H,10H2,1H3,(H,16,19). The minimum Gasteiger partial charge on any atom is -0.324 e. The van der Waals surface area contributed by atoms with Crippen LogP contribution in [-0.2, 0) is 9.59 Å². The van der Waals surface area contributed by atoms with Gasteiger partial charge < -0.3 is 10.2 Å². The van der Waals surface area contributed by atoms with Crippen LogP contribution in [0.5, 0.6) is 0 Å². The Morgan fingerprint density at radius 2 is 2.00 bits per heavy atom. The van der Waals surface area contributed by atoms with E-state index >= 15 is 0 Å². The Kier molecular flexibility index (Phi) is 4.13. The van der Waals surface area contributed by atoms with Crippen molar-refractivity contribution in [3.8, 4) is 0 Å². The molecule has 0 bridgehead atoms. The Balaban J connectivity index is 2.04. The zero-order chi connectivity index (χ0) is 13.7. The quantitative estimate of drug-likeness (QED) is 0.902. The fourth-order valence-electron chi connectivity index (χ4n) is 1.82. The van der Waals surface area contributed by atoms with E-state index in [2.05, 4.69) is 5.32 Å². The largest absolute Gasteiger partial charge is 0.324 e. The van der Waals surface area contributed by atoms with Crippen molar-refractivity contribution in [2.75, 3.05) is 5.32 Å². The second-order valence-electron chi connectivity index (χ2n) is 4.31. The maximum atomic E-state index is 12.1. The lowest BCUT2D eigenvalue weighted by Gasteiger charge is -2.24. The number of para-hydroxylation sites is 1. The number of amides is 2. The summed E-state index contributed by atoms with van der Waals surface area (Å²) in [6.45, 7) is 1.71. The zero-order valence-corrected chi connectivity index (χ0v) is 10.7. The normalized spacial score (nSPS) is 16.1. The summed E-state index contributed by atoms with van der Waals surface area (Å²) in [4.78, 5) is 25.4. The van der Waals surface area contributed by atoms with Gasteiger partial charge in [0.25, 0.3) is 0 Å². The molecule has 0 aromatic heterocycles. The van der Waals surface area contributed by atoms with Crippen molar-refractivity contribution in [2.24, 2.45) is 0 Å². The maximum Gasteiger partial charge on any atom is 0.247 e. The second kappa shape index (κ2) is 6.00. The number of hydrogen-bond donors (Lipinski definition) is 1. The molecule has 0 saturated heterocycles. The van der Waals surface area contributed by atoms with Gasteiger partial charge in [-0.25, -0.2) is 0 Å². The van der Waals surface area contributed by atoms with Gasteiger partial charge in [0.15, 0.2) is 0 Å². The minimum atomic E-state index is -0.538. The molecule has 1 aliphatic rings. The lowest BCUT2D eigenvalue weighted by atomic mass is 10.2. The highest BCUT2D eigenvalue weighted by Gasteiger charge is 2.23. The van der Waals surface area contributed by atoms with Crippen LogP contribution < -0.4 is 5.32 Å². The van der Waals surface area contributed by atoms with Gasteiger partial charge in [-0.05, 0) is 25.1 Å². The number of rotatable bonds is 3. The van der Waals surface area contributed by atoms with E-state index < -0.39 is 6.04 Å². The van der Waals surface area contributed by atoms with Crippen molar-refractivity contribution in [3.05, 3.63) is 54.8 Å². The highest BCUT2D eigenvalue weighted by Crippen LogP contribution is 2.11. The number of carbonyl (C=O) groups is 2. The molecule has 0 aliphatic carbocycles. The molecule has 98 valence electrons. The van der Waals surface area contributed by atoms with Crippen LogP contribution in [0.15, 0.2) is 54.8 Å². The van der Waals surface area contributed by atoms with Gasteiger partial charge in [-0.1, -0.05) is 30.4 Å². The number of nitrogens with zero attached hydrogens (tertiary/aromatic N) is 1. The molecule has 1 heterocycles. The molecule has 2 amide bonds. The Bertz CT molecular complexity index is 520. The molecule has 19 heavy (non-hydrogen) atoms. The number of benzene rings is 1. The van der Waals surface area contributed by atoms with Crippen molar-refractivity contribution in [1.82, 2.24) is 4.90 Å². The van der Waals surface area contributed by atoms with Crippen molar-refractivity contribution in [3.63, 3.8) is 0 Å². The van der Waals surface area contributed by atoms with Crippen LogP contribution in [0.3, 0.4) is 0 Å². The number of hydrogen-bond acceptors (Lipinski definition) is 2. The van der Waals surface area contributed by atoms with Gasteiger partial charge in [0.05, 0.1) is 0 Å². The first-order valence-electron chi connectivity index (χ1n) is 6.19. The van der Waals surface area contributed by atoms with Gasteiger partial charge in [0.1, 0.15) is 6.04 Å². The van der Waals surface area contributed by atoms with Crippen molar-refractivity contribution in [2.45, 2.75) is 19.4 Å². The van der Waals surface area contributed by atoms with E-state index in [4.69, 9.17) is 0 Å². The highest BCUT2D eigenvalue weighted by molar-refractivity contribution is 5.97. The van der Waals surface area contributed by atoms with Crippen LogP contribution in [-0.4, -0.2) is 22.8 Å². The summed E-state index contributed by atoms with van der Waals surface area (Å²) in [5.41, 5.74) is 0.726. The fraction of sp³-hybridized carbons (Fsp3) is 0.200. The van der Waals surface area contributed by atoms with Crippen LogP contribution >= 0.6 is 0 Å². The lowest BCUT2D eigenvalue weighted by Crippen LogP contribution is -2.42. The molecule has 1 N–H and O–H groups in total. The fourth-order valence-corrected chi connectivity index (χ4v) is 1.82.